The fourth-order valence-electron chi connectivity index (χ4n) is 5.12. The lowest BCUT2D eigenvalue weighted by atomic mass is 9.95. The van der Waals surface area contributed by atoms with E-state index in [9.17, 15) is 22.8 Å². The van der Waals surface area contributed by atoms with Gasteiger partial charge in [-0.3, -0.25) is 14.2 Å². The number of anilines is 1. The normalized spacial score (nSPS) is 15.0. The smallest absolute Gasteiger partial charge is 0.416 e. The zero-order chi connectivity index (χ0) is 31.7. The molecule has 1 atom stereocenters. The molecule has 0 fully saturated rings. The van der Waals surface area contributed by atoms with Crippen LogP contribution in [-0.4, -0.2) is 17.1 Å². The van der Waals surface area contributed by atoms with E-state index >= 15 is 0 Å². The zero-order valence-electron chi connectivity index (χ0n) is 24.1. The molecule has 7 nitrogen and oxygen atoms in total. The van der Waals surface area contributed by atoms with E-state index in [4.69, 9.17) is 9.15 Å². The van der Waals surface area contributed by atoms with Crippen LogP contribution in [-0.2, 0) is 11.0 Å². The van der Waals surface area contributed by atoms with E-state index in [1.54, 1.807) is 43.3 Å². The number of amides is 1. The van der Waals surface area contributed by atoms with E-state index in [1.165, 1.54) is 22.8 Å². The zero-order valence-corrected chi connectivity index (χ0v) is 24.9. The fourth-order valence-corrected chi connectivity index (χ4v) is 6.15. The molecule has 1 amide bonds. The van der Waals surface area contributed by atoms with Crippen LogP contribution in [0.4, 0.5) is 18.9 Å². The molecule has 0 spiro atoms. The van der Waals surface area contributed by atoms with Gasteiger partial charge in [-0.1, -0.05) is 53.8 Å². The molecule has 45 heavy (non-hydrogen) atoms. The summed E-state index contributed by atoms with van der Waals surface area (Å²) in [4.78, 5) is 32.7. The Morgan fingerprint density at radius 1 is 1.04 bits per heavy atom. The van der Waals surface area contributed by atoms with Crippen LogP contribution in [0.25, 0.3) is 17.4 Å². The molecule has 3 aromatic carbocycles. The van der Waals surface area contributed by atoms with Gasteiger partial charge in [-0.05, 0) is 67.9 Å². The molecule has 2 aromatic heterocycles. The Bertz CT molecular complexity index is 2090. The van der Waals surface area contributed by atoms with Crippen molar-refractivity contribution in [1.82, 2.24) is 4.57 Å². The van der Waals surface area contributed by atoms with Crippen molar-refractivity contribution < 1.29 is 27.1 Å². The molecular weight excluding hydrogens is 603 g/mol. The summed E-state index contributed by atoms with van der Waals surface area (Å²) in [5, 5.41) is 2.92. The topological polar surface area (TPSA) is 85.8 Å². The molecule has 1 N–H and O–H groups in total. The van der Waals surface area contributed by atoms with E-state index in [2.05, 4.69) is 10.3 Å². The fraction of sp³-hybridized carbons (Fsp3) is 0.147. The van der Waals surface area contributed by atoms with Crippen LogP contribution in [0.2, 0.25) is 0 Å². The molecule has 0 aliphatic carbocycles. The second kappa shape index (κ2) is 12.1. The maximum absolute atomic E-state index is 14.0. The molecule has 6 rings (SSSR count). The Kier molecular flexibility index (Phi) is 8.03. The lowest BCUT2D eigenvalue weighted by Gasteiger charge is -2.25. The van der Waals surface area contributed by atoms with Gasteiger partial charge in [0.25, 0.3) is 11.5 Å². The van der Waals surface area contributed by atoms with Crippen molar-refractivity contribution >= 4 is 29.0 Å². The van der Waals surface area contributed by atoms with Crippen LogP contribution in [0.3, 0.4) is 0 Å². The molecule has 1 aliphatic rings. The number of nitrogens with one attached hydrogen (secondary N) is 1. The van der Waals surface area contributed by atoms with Crippen LogP contribution in [0, 0.1) is 0 Å². The van der Waals surface area contributed by atoms with Gasteiger partial charge < -0.3 is 14.5 Å². The highest BCUT2D eigenvalue weighted by Gasteiger charge is 2.33. The minimum Gasteiger partial charge on any atom is -0.494 e. The first-order chi connectivity index (χ1) is 21.6. The Balaban J connectivity index is 1.42. The number of allylic oxidation sites excluding steroid dienone is 1. The van der Waals surface area contributed by atoms with Gasteiger partial charge in [0, 0.05) is 17.3 Å². The van der Waals surface area contributed by atoms with E-state index in [1.807, 2.05) is 37.3 Å². The van der Waals surface area contributed by atoms with Crippen molar-refractivity contribution in [3.8, 4) is 17.1 Å². The Morgan fingerprint density at radius 2 is 1.80 bits per heavy atom. The van der Waals surface area contributed by atoms with Crippen LogP contribution < -0.4 is 24.9 Å². The number of furan rings is 1. The number of fused-ring (bicyclic) bond motifs is 1. The number of hydrogen-bond donors (Lipinski definition) is 1. The number of para-hydroxylation sites is 1. The summed E-state index contributed by atoms with van der Waals surface area (Å²) in [6.07, 6.45) is -2.96. The molecule has 0 bridgehead atoms. The van der Waals surface area contributed by atoms with Gasteiger partial charge >= 0.3 is 6.18 Å². The second-order valence-electron chi connectivity index (χ2n) is 10.2. The van der Waals surface area contributed by atoms with E-state index in [0.29, 0.717) is 39.7 Å². The standard InChI is InChI=1S/C34H26F3N3O4S/c1-3-43-25-14-12-21(13-15-25)30-29(31(41)39-24-10-5-4-6-11-24)20(2)38-33-40(30)32(42)28(45-33)19-26-16-17-27(44-26)22-8-7-9-23(18-22)34(35,36)37/h4-19,30H,3H2,1-2H3,(H,39,41)/b28-19-/t30-/m0/s1. The first-order valence-corrected chi connectivity index (χ1v) is 14.8. The van der Waals surface area contributed by atoms with E-state index in [0.717, 1.165) is 23.5 Å². The number of alkyl halides is 3. The number of aromatic nitrogens is 1. The predicted octanol–water partition coefficient (Wildman–Crippen LogP) is 6.55. The summed E-state index contributed by atoms with van der Waals surface area (Å²) in [5.74, 6) is 0.762. The van der Waals surface area contributed by atoms with E-state index in [-0.39, 0.29) is 21.6 Å². The minimum absolute atomic E-state index is 0.225. The van der Waals surface area contributed by atoms with Gasteiger partial charge in [0.2, 0.25) is 0 Å². The molecule has 228 valence electrons. The van der Waals surface area contributed by atoms with Crippen molar-refractivity contribution in [2.45, 2.75) is 26.1 Å². The van der Waals surface area contributed by atoms with Crippen molar-refractivity contribution in [1.29, 1.82) is 0 Å². The summed E-state index contributed by atoms with van der Waals surface area (Å²) in [6.45, 7) is 4.10. The Labute approximate surface area is 259 Å². The predicted molar refractivity (Wildman–Crippen MR) is 166 cm³/mol. The number of carbonyl (C=O) groups excluding carboxylic acids is 1. The molecule has 0 unspecified atom stereocenters. The minimum atomic E-state index is -4.49. The van der Waals surface area contributed by atoms with Gasteiger partial charge in [0.05, 0.1) is 34.0 Å². The Morgan fingerprint density at radius 3 is 2.51 bits per heavy atom. The molecule has 1 aliphatic heterocycles. The number of thiazole rings is 1. The highest BCUT2D eigenvalue weighted by molar-refractivity contribution is 7.07. The summed E-state index contributed by atoms with van der Waals surface area (Å²) < 4.78 is 52.9. The van der Waals surface area contributed by atoms with Crippen molar-refractivity contribution in [3.63, 3.8) is 0 Å². The summed E-state index contributed by atoms with van der Waals surface area (Å²) >= 11 is 1.13. The SMILES string of the molecule is CCOc1ccc([C@H]2C(C(=O)Nc3ccccc3)=C(C)N=c3s/c(=C\c4ccc(-c5cccc(C(F)(F)F)c5)o4)c(=O)n32)cc1. The first kappa shape index (κ1) is 29.9. The number of benzene rings is 3. The average Bonchev–Trinajstić information content (AvgIpc) is 3.61. The largest absolute Gasteiger partial charge is 0.494 e. The van der Waals surface area contributed by atoms with Crippen molar-refractivity contribution in [2.75, 3.05) is 11.9 Å². The number of rotatable bonds is 7. The molecule has 0 radical (unpaired) electrons. The Hall–Kier alpha value is -5.16. The molecule has 3 heterocycles. The summed E-state index contributed by atoms with van der Waals surface area (Å²) in [6, 6.07) is 23.4. The lowest BCUT2D eigenvalue weighted by Crippen LogP contribution is -2.40. The quantitative estimate of drug-likeness (QED) is 0.221. The highest BCUT2D eigenvalue weighted by Crippen LogP contribution is 2.34. The molecule has 0 saturated carbocycles. The van der Waals surface area contributed by atoms with Gasteiger partial charge in [0.15, 0.2) is 4.80 Å². The maximum Gasteiger partial charge on any atom is 0.416 e. The van der Waals surface area contributed by atoms with Gasteiger partial charge in [-0.25, -0.2) is 4.99 Å². The monoisotopic (exact) mass is 629 g/mol. The third-order valence-electron chi connectivity index (χ3n) is 7.18. The summed E-state index contributed by atoms with van der Waals surface area (Å²) in [5.41, 5.74) is 1.12. The van der Waals surface area contributed by atoms with E-state index < -0.39 is 29.2 Å². The van der Waals surface area contributed by atoms with Gasteiger partial charge in [-0.2, -0.15) is 13.2 Å². The molecule has 0 saturated heterocycles. The van der Waals surface area contributed by atoms with Crippen molar-refractivity contribution in [2.24, 2.45) is 4.99 Å². The number of carbonyl (C=O) groups is 1. The van der Waals surface area contributed by atoms with Crippen LogP contribution >= 0.6 is 11.3 Å². The third-order valence-corrected chi connectivity index (χ3v) is 8.16. The highest BCUT2D eigenvalue weighted by atomic mass is 32.1. The second-order valence-corrected chi connectivity index (χ2v) is 11.2. The van der Waals surface area contributed by atoms with Gasteiger partial charge in [-0.15, -0.1) is 0 Å². The maximum atomic E-state index is 14.0. The number of ether oxygens (including phenoxy) is 1. The number of halogens is 3. The third kappa shape index (κ3) is 6.12. The van der Waals surface area contributed by atoms with Crippen LogP contribution in [0.15, 0.2) is 116 Å². The molecular formula is C34H26F3N3O4S. The van der Waals surface area contributed by atoms with Gasteiger partial charge in [0.1, 0.15) is 17.3 Å². The summed E-state index contributed by atoms with van der Waals surface area (Å²) in [7, 11) is 0. The average molecular weight is 630 g/mol. The lowest BCUT2D eigenvalue weighted by molar-refractivity contribution is -0.137. The van der Waals surface area contributed by atoms with Crippen molar-refractivity contribution in [3.05, 3.63) is 139 Å². The molecule has 5 aromatic rings. The van der Waals surface area contributed by atoms with Crippen LogP contribution in [0.5, 0.6) is 5.75 Å². The molecule has 11 heteroatoms. The first-order valence-electron chi connectivity index (χ1n) is 14.0. The number of nitrogens with zero attached hydrogens (tertiary/aromatic N) is 2. The van der Waals surface area contributed by atoms with Crippen LogP contribution in [0.1, 0.15) is 36.8 Å². The number of hydrogen-bond acceptors (Lipinski definition) is 6.